The Balaban J connectivity index is 0.000000248. The van der Waals surface area contributed by atoms with E-state index in [2.05, 4.69) is 69.4 Å². The van der Waals surface area contributed by atoms with Crippen LogP contribution in [0.25, 0.3) is 0 Å². The summed E-state index contributed by atoms with van der Waals surface area (Å²) >= 11 is 0. The molecule has 2 aromatic rings. The van der Waals surface area contributed by atoms with E-state index in [9.17, 15) is 9.59 Å². The summed E-state index contributed by atoms with van der Waals surface area (Å²) in [5.74, 6) is -0.751. The number of rotatable bonds is 12. The predicted octanol–water partition coefficient (Wildman–Crippen LogP) is 3.74. The average Bonchev–Trinajstić information content (AvgIpc) is 3.06. The zero-order valence-corrected chi connectivity index (χ0v) is 26.7. The minimum absolute atomic E-state index is 0.558. The third kappa shape index (κ3) is 14.0. The first-order valence-corrected chi connectivity index (χ1v) is 15.5. The lowest BCUT2D eigenvalue weighted by atomic mass is 10.2. The Bertz CT molecular complexity index is 1050. The summed E-state index contributed by atoms with van der Waals surface area (Å²) < 4.78 is 11.3. The Labute approximate surface area is 261 Å². The average molecular weight is 615 g/mol. The fraction of sp³-hybridized carbons (Fsp3) is 0.562. The van der Waals surface area contributed by atoms with Crippen molar-refractivity contribution in [2.45, 2.75) is 40.5 Å². The number of hydrogen-bond acceptors (Lipinski definition) is 10. The molecule has 12 nitrogen and oxygen atoms in total. The number of pyridine rings is 2. The molecule has 0 radical (unpaired) electrons. The molecule has 12 heteroatoms. The molecule has 2 aromatic heterocycles. The highest BCUT2D eigenvalue weighted by atomic mass is 16.5. The van der Waals surface area contributed by atoms with Crippen LogP contribution in [0.15, 0.2) is 49.1 Å². The maximum absolute atomic E-state index is 9.55. The number of ether oxygens (including phenoxy) is 2. The Hall–Kier alpha value is -3.90. The highest BCUT2D eigenvalue weighted by Crippen LogP contribution is 2.22. The third-order valence-electron chi connectivity index (χ3n) is 7.08. The SMILES string of the molecule is CCCOc1cncc(N2CCN(CC)CC2)c1.CCCOc1cncc(N2CCN(CC)CC2)c1.O=C(O)/C=C/C(=O)O. The first-order valence-electron chi connectivity index (χ1n) is 15.5. The number of aliphatic carboxylic acids is 2. The van der Waals surface area contributed by atoms with Gasteiger partial charge >= 0.3 is 11.9 Å². The van der Waals surface area contributed by atoms with E-state index >= 15 is 0 Å². The number of anilines is 2. The van der Waals surface area contributed by atoms with Crippen LogP contribution in [0.3, 0.4) is 0 Å². The van der Waals surface area contributed by atoms with Crippen LogP contribution in [0.5, 0.6) is 11.5 Å². The molecule has 0 unspecified atom stereocenters. The van der Waals surface area contributed by atoms with Crippen LogP contribution in [-0.2, 0) is 9.59 Å². The molecule has 0 saturated carbocycles. The molecule has 0 aromatic carbocycles. The molecule has 244 valence electrons. The maximum atomic E-state index is 9.55. The van der Waals surface area contributed by atoms with Gasteiger partial charge in [0.1, 0.15) is 11.5 Å². The summed E-state index contributed by atoms with van der Waals surface area (Å²) in [5.41, 5.74) is 2.36. The van der Waals surface area contributed by atoms with Crippen molar-refractivity contribution in [2.24, 2.45) is 0 Å². The Morgan fingerprint density at radius 3 is 1.32 bits per heavy atom. The number of hydrogen-bond donors (Lipinski definition) is 2. The summed E-state index contributed by atoms with van der Waals surface area (Å²) in [7, 11) is 0. The number of carboxylic acid groups (broad SMARTS) is 2. The van der Waals surface area contributed by atoms with Gasteiger partial charge in [0, 0.05) is 76.6 Å². The molecule has 2 aliphatic heterocycles. The van der Waals surface area contributed by atoms with Crippen molar-refractivity contribution >= 4 is 23.3 Å². The van der Waals surface area contributed by atoms with E-state index in [1.165, 1.54) is 11.4 Å². The van der Waals surface area contributed by atoms with Gasteiger partial charge in [0.05, 0.1) is 49.4 Å². The van der Waals surface area contributed by atoms with Crippen molar-refractivity contribution in [1.82, 2.24) is 19.8 Å². The van der Waals surface area contributed by atoms with Crippen molar-refractivity contribution in [1.29, 1.82) is 0 Å². The van der Waals surface area contributed by atoms with Gasteiger partial charge in [-0.05, 0) is 25.9 Å². The zero-order chi connectivity index (χ0) is 32.2. The van der Waals surface area contributed by atoms with Gasteiger partial charge in [-0.25, -0.2) is 9.59 Å². The van der Waals surface area contributed by atoms with E-state index in [-0.39, 0.29) is 0 Å². The van der Waals surface area contributed by atoms with Crippen molar-refractivity contribution in [3.05, 3.63) is 49.1 Å². The largest absolute Gasteiger partial charge is 0.492 e. The smallest absolute Gasteiger partial charge is 0.328 e. The van der Waals surface area contributed by atoms with Gasteiger partial charge in [-0.15, -0.1) is 0 Å². The molecule has 0 atom stereocenters. The minimum atomic E-state index is -1.26. The van der Waals surface area contributed by atoms with E-state index in [0.29, 0.717) is 12.2 Å². The summed E-state index contributed by atoms with van der Waals surface area (Å²) in [6, 6.07) is 4.20. The standard InChI is InChI=1S/2C14H23N3O.C4H4O4/c2*1-3-9-18-14-10-13(11-15-12-14)17-7-5-16(4-2)6-8-17;5-3(6)1-2-4(7)8/h2*10-12H,3-9H2,1-2H3;1-2H,(H,5,6)(H,7,8)/b;;2-1+. The van der Waals surface area contributed by atoms with Gasteiger partial charge in [-0.2, -0.15) is 0 Å². The second kappa shape index (κ2) is 20.9. The van der Waals surface area contributed by atoms with Gasteiger partial charge in [-0.1, -0.05) is 27.7 Å². The fourth-order valence-corrected chi connectivity index (χ4v) is 4.55. The summed E-state index contributed by atoms with van der Waals surface area (Å²) in [5, 5.41) is 15.6. The first-order chi connectivity index (χ1) is 21.3. The van der Waals surface area contributed by atoms with Crippen molar-refractivity contribution < 1.29 is 29.3 Å². The van der Waals surface area contributed by atoms with E-state index in [4.69, 9.17) is 19.7 Å². The van der Waals surface area contributed by atoms with Crippen LogP contribution < -0.4 is 19.3 Å². The lowest BCUT2D eigenvalue weighted by Crippen LogP contribution is -2.46. The van der Waals surface area contributed by atoms with Crippen LogP contribution in [0.4, 0.5) is 11.4 Å². The second-order valence-corrected chi connectivity index (χ2v) is 10.3. The maximum Gasteiger partial charge on any atom is 0.328 e. The van der Waals surface area contributed by atoms with E-state index < -0.39 is 11.9 Å². The Morgan fingerprint density at radius 1 is 0.659 bits per heavy atom. The molecule has 2 fully saturated rings. The van der Waals surface area contributed by atoms with Gasteiger partial charge in [0.15, 0.2) is 0 Å². The summed E-state index contributed by atoms with van der Waals surface area (Å²) in [6.45, 7) is 21.3. The van der Waals surface area contributed by atoms with Crippen molar-refractivity contribution in [2.75, 3.05) is 88.5 Å². The molecule has 4 rings (SSSR count). The highest BCUT2D eigenvalue weighted by molar-refractivity contribution is 5.89. The Kier molecular flexibility index (Phi) is 17.2. The van der Waals surface area contributed by atoms with Crippen LogP contribution >= 0.6 is 0 Å². The molecule has 2 aliphatic rings. The number of carbonyl (C=O) groups is 2. The van der Waals surface area contributed by atoms with E-state index in [1.54, 1.807) is 12.4 Å². The molecular weight excluding hydrogens is 564 g/mol. The topological polar surface area (TPSA) is 132 Å². The fourth-order valence-electron chi connectivity index (χ4n) is 4.55. The van der Waals surface area contributed by atoms with Crippen molar-refractivity contribution in [3.8, 4) is 11.5 Å². The van der Waals surface area contributed by atoms with E-state index in [0.717, 1.165) is 103 Å². The quantitative estimate of drug-likeness (QED) is 0.338. The number of piperazine rings is 2. The van der Waals surface area contributed by atoms with Gasteiger partial charge in [0.2, 0.25) is 0 Å². The molecule has 2 N–H and O–H groups in total. The molecule has 0 spiro atoms. The molecular formula is C32H50N6O6. The van der Waals surface area contributed by atoms with Gasteiger partial charge in [0.25, 0.3) is 0 Å². The molecule has 0 amide bonds. The van der Waals surface area contributed by atoms with E-state index in [1.807, 2.05) is 12.4 Å². The number of aromatic nitrogens is 2. The Morgan fingerprint density at radius 2 is 1.02 bits per heavy atom. The second-order valence-electron chi connectivity index (χ2n) is 10.3. The predicted molar refractivity (Wildman–Crippen MR) is 173 cm³/mol. The lowest BCUT2D eigenvalue weighted by Gasteiger charge is -2.35. The number of likely N-dealkylation sites (N-methyl/N-ethyl adjacent to an activating group) is 2. The molecule has 0 bridgehead atoms. The van der Waals surface area contributed by atoms with Crippen molar-refractivity contribution in [3.63, 3.8) is 0 Å². The molecule has 44 heavy (non-hydrogen) atoms. The van der Waals surface area contributed by atoms with Gasteiger partial charge < -0.3 is 39.3 Å². The minimum Gasteiger partial charge on any atom is -0.492 e. The monoisotopic (exact) mass is 614 g/mol. The molecule has 0 aliphatic carbocycles. The zero-order valence-electron chi connectivity index (χ0n) is 26.7. The van der Waals surface area contributed by atoms with Crippen LogP contribution in [0, 0.1) is 0 Å². The highest BCUT2D eigenvalue weighted by Gasteiger charge is 2.17. The van der Waals surface area contributed by atoms with Gasteiger partial charge in [-0.3, -0.25) is 9.97 Å². The summed E-state index contributed by atoms with van der Waals surface area (Å²) in [4.78, 5) is 37.4. The third-order valence-corrected chi connectivity index (χ3v) is 7.08. The van der Waals surface area contributed by atoms with Crippen LogP contribution in [0.2, 0.25) is 0 Å². The van der Waals surface area contributed by atoms with Crippen LogP contribution in [0.1, 0.15) is 40.5 Å². The van der Waals surface area contributed by atoms with Crippen LogP contribution in [-0.4, -0.2) is 121 Å². The molecule has 2 saturated heterocycles. The molecule has 4 heterocycles. The normalized spacial score (nSPS) is 15.5. The lowest BCUT2D eigenvalue weighted by molar-refractivity contribution is -0.134. The number of carboxylic acids is 2. The first kappa shape index (κ1) is 36.3. The number of nitrogens with zero attached hydrogens (tertiary/aromatic N) is 6. The summed E-state index contributed by atoms with van der Waals surface area (Å²) in [6.07, 6.45) is 10.6.